The maximum atomic E-state index is 5.64. The van der Waals surface area contributed by atoms with Crippen LogP contribution in [0.2, 0.25) is 0 Å². The smallest absolute Gasteiger partial charge is 0.0579 e. The molecule has 0 saturated heterocycles. The van der Waals surface area contributed by atoms with Gasteiger partial charge in [-0.3, -0.25) is 4.98 Å². The number of pyridine rings is 1. The summed E-state index contributed by atoms with van der Waals surface area (Å²) in [5, 5.41) is 0. The predicted octanol–water partition coefficient (Wildman–Crippen LogP) is 3.72. The zero-order valence-corrected chi connectivity index (χ0v) is 13.7. The van der Waals surface area contributed by atoms with Crippen molar-refractivity contribution in [1.29, 1.82) is 0 Å². The Balaban J connectivity index is 0.00000289. The highest BCUT2D eigenvalue weighted by atomic mass is 35.5. The molecule has 0 radical (unpaired) electrons. The molecule has 2 nitrogen and oxygen atoms in total. The van der Waals surface area contributed by atoms with Crippen LogP contribution >= 0.6 is 47.5 Å². The first-order valence-electron chi connectivity index (χ1n) is 5.70. The standard InChI is InChI=1S/C12H19ClN2S2.ClH/c1-10-11(9-14)15-5-3-12(10)17-7-2-6-16-8-4-13;/h3,5H,2,4,6-9,14H2,1H3;1H. The number of hydrogen-bond acceptors (Lipinski definition) is 4. The summed E-state index contributed by atoms with van der Waals surface area (Å²) >= 11 is 9.43. The van der Waals surface area contributed by atoms with E-state index in [1.54, 1.807) is 0 Å². The molecule has 0 bridgehead atoms. The first-order chi connectivity index (χ1) is 8.29. The Morgan fingerprint density at radius 3 is 2.78 bits per heavy atom. The second-order valence-corrected chi connectivity index (χ2v) is 6.33. The van der Waals surface area contributed by atoms with Crippen LogP contribution in [-0.4, -0.2) is 28.1 Å². The third-order valence-corrected chi connectivity index (χ3v) is 5.09. The van der Waals surface area contributed by atoms with Gasteiger partial charge < -0.3 is 5.73 Å². The van der Waals surface area contributed by atoms with E-state index in [0.717, 1.165) is 23.1 Å². The fourth-order valence-corrected chi connectivity index (χ4v) is 3.59. The Labute approximate surface area is 129 Å². The lowest BCUT2D eigenvalue weighted by atomic mass is 10.2. The molecule has 0 aromatic carbocycles. The first-order valence-corrected chi connectivity index (χ1v) is 8.38. The lowest BCUT2D eigenvalue weighted by Gasteiger charge is -2.08. The maximum absolute atomic E-state index is 5.64. The SMILES string of the molecule is Cc1c(SCCCSCCCl)ccnc1CN.Cl. The molecule has 1 aromatic heterocycles. The van der Waals surface area contributed by atoms with Crippen LogP contribution < -0.4 is 5.73 Å². The zero-order chi connectivity index (χ0) is 12.5. The highest BCUT2D eigenvalue weighted by Gasteiger charge is 2.04. The fraction of sp³-hybridized carbons (Fsp3) is 0.583. The molecule has 0 fully saturated rings. The van der Waals surface area contributed by atoms with Gasteiger partial charge in [0.25, 0.3) is 0 Å². The average Bonchev–Trinajstić information content (AvgIpc) is 2.35. The van der Waals surface area contributed by atoms with E-state index in [1.165, 1.54) is 22.6 Å². The van der Waals surface area contributed by atoms with Crippen molar-refractivity contribution in [3.8, 4) is 0 Å². The highest BCUT2D eigenvalue weighted by molar-refractivity contribution is 8.00. The second-order valence-electron chi connectivity index (χ2n) is 3.59. The molecule has 1 aromatic rings. The molecule has 18 heavy (non-hydrogen) atoms. The monoisotopic (exact) mass is 326 g/mol. The van der Waals surface area contributed by atoms with Crippen LogP contribution in [0.3, 0.4) is 0 Å². The normalized spacial score (nSPS) is 10.2. The van der Waals surface area contributed by atoms with Crippen LogP contribution in [0.4, 0.5) is 0 Å². The summed E-state index contributed by atoms with van der Waals surface area (Å²) in [5.41, 5.74) is 7.88. The lowest BCUT2D eigenvalue weighted by Crippen LogP contribution is -2.03. The van der Waals surface area contributed by atoms with Crippen LogP contribution in [0, 0.1) is 6.92 Å². The number of thioether (sulfide) groups is 2. The van der Waals surface area contributed by atoms with Crippen molar-refractivity contribution >= 4 is 47.5 Å². The summed E-state index contributed by atoms with van der Waals surface area (Å²) in [6, 6.07) is 2.07. The largest absolute Gasteiger partial charge is 0.325 e. The zero-order valence-electron chi connectivity index (χ0n) is 10.5. The Morgan fingerprint density at radius 1 is 1.33 bits per heavy atom. The summed E-state index contributed by atoms with van der Waals surface area (Å²) in [7, 11) is 0. The molecule has 0 unspecified atom stereocenters. The quantitative estimate of drug-likeness (QED) is 0.449. The number of nitrogens with zero attached hydrogens (tertiary/aromatic N) is 1. The van der Waals surface area contributed by atoms with Crippen LogP contribution in [-0.2, 0) is 6.54 Å². The number of halogens is 2. The van der Waals surface area contributed by atoms with Crippen LogP contribution in [0.1, 0.15) is 17.7 Å². The average molecular weight is 327 g/mol. The van der Waals surface area contributed by atoms with Crippen LogP contribution in [0.15, 0.2) is 17.2 Å². The van der Waals surface area contributed by atoms with Crippen molar-refractivity contribution in [2.45, 2.75) is 24.8 Å². The Morgan fingerprint density at radius 2 is 2.11 bits per heavy atom. The molecule has 1 heterocycles. The minimum atomic E-state index is 0. The van der Waals surface area contributed by atoms with Gasteiger partial charge in [0.05, 0.1) is 5.69 Å². The summed E-state index contributed by atoms with van der Waals surface area (Å²) < 4.78 is 0. The van der Waals surface area contributed by atoms with E-state index in [4.69, 9.17) is 17.3 Å². The van der Waals surface area contributed by atoms with Gasteiger partial charge in [0.2, 0.25) is 0 Å². The van der Waals surface area contributed by atoms with Gasteiger partial charge in [0, 0.05) is 29.3 Å². The van der Waals surface area contributed by atoms with E-state index in [9.17, 15) is 0 Å². The van der Waals surface area contributed by atoms with E-state index >= 15 is 0 Å². The van der Waals surface area contributed by atoms with E-state index < -0.39 is 0 Å². The van der Waals surface area contributed by atoms with E-state index in [-0.39, 0.29) is 12.4 Å². The number of rotatable bonds is 8. The van der Waals surface area contributed by atoms with Crippen molar-refractivity contribution in [2.24, 2.45) is 5.73 Å². The van der Waals surface area contributed by atoms with Gasteiger partial charge in [-0.2, -0.15) is 11.8 Å². The number of aromatic nitrogens is 1. The van der Waals surface area contributed by atoms with Crippen molar-refractivity contribution in [3.05, 3.63) is 23.5 Å². The fourth-order valence-electron chi connectivity index (χ4n) is 1.42. The molecule has 2 N–H and O–H groups in total. The van der Waals surface area contributed by atoms with E-state index in [2.05, 4.69) is 18.0 Å². The van der Waals surface area contributed by atoms with Crippen LogP contribution in [0.25, 0.3) is 0 Å². The van der Waals surface area contributed by atoms with Gasteiger partial charge in [-0.25, -0.2) is 0 Å². The third kappa shape index (κ3) is 6.53. The van der Waals surface area contributed by atoms with Gasteiger partial charge >= 0.3 is 0 Å². The number of hydrogen-bond donors (Lipinski definition) is 1. The van der Waals surface area contributed by atoms with Gasteiger partial charge in [-0.15, -0.1) is 35.8 Å². The summed E-state index contributed by atoms with van der Waals surface area (Å²) in [6.07, 6.45) is 3.06. The van der Waals surface area contributed by atoms with Crippen LogP contribution in [0.5, 0.6) is 0 Å². The first kappa shape index (κ1) is 18.4. The Bertz CT molecular complexity index is 338. The lowest BCUT2D eigenvalue weighted by molar-refractivity contribution is 0.947. The molecule has 6 heteroatoms. The summed E-state index contributed by atoms with van der Waals surface area (Å²) in [6.45, 7) is 2.62. The molecule has 0 aliphatic heterocycles. The van der Waals surface area contributed by atoms with Gasteiger partial charge in [0.1, 0.15) is 0 Å². The molecule has 0 spiro atoms. The van der Waals surface area contributed by atoms with Gasteiger partial charge in [-0.1, -0.05) is 0 Å². The topological polar surface area (TPSA) is 38.9 Å². The maximum Gasteiger partial charge on any atom is 0.0579 e. The van der Waals surface area contributed by atoms with Gasteiger partial charge in [-0.05, 0) is 36.5 Å². The minimum Gasteiger partial charge on any atom is -0.325 e. The Hall–Kier alpha value is 0.390. The molecule has 0 aliphatic carbocycles. The number of alkyl halides is 1. The van der Waals surface area contributed by atoms with Gasteiger partial charge in [0.15, 0.2) is 0 Å². The molecule has 0 saturated carbocycles. The van der Waals surface area contributed by atoms with Crippen molar-refractivity contribution in [2.75, 3.05) is 23.1 Å². The summed E-state index contributed by atoms with van der Waals surface area (Å²) in [4.78, 5) is 5.58. The highest BCUT2D eigenvalue weighted by Crippen LogP contribution is 2.24. The molecular formula is C12H20Cl2N2S2. The van der Waals surface area contributed by atoms with Crippen molar-refractivity contribution < 1.29 is 0 Å². The molecule has 1 rings (SSSR count). The molecule has 0 atom stereocenters. The molecule has 0 amide bonds. The number of nitrogens with two attached hydrogens (primary N) is 1. The van der Waals surface area contributed by atoms with E-state index in [0.29, 0.717) is 6.54 Å². The molecule has 104 valence electrons. The van der Waals surface area contributed by atoms with Crippen molar-refractivity contribution in [3.63, 3.8) is 0 Å². The van der Waals surface area contributed by atoms with Crippen molar-refractivity contribution in [1.82, 2.24) is 4.98 Å². The Kier molecular flexibility index (Phi) is 11.5. The summed E-state index contributed by atoms with van der Waals surface area (Å²) in [5.74, 6) is 4.14. The molecular weight excluding hydrogens is 307 g/mol. The molecule has 0 aliphatic rings. The third-order valence-electron chi connectivity index (χ3n) is 2.36. The minimum absolute atomic E-state index is 0. The predicted molar refractivity (Wildman–Crippen MR) is 87.5 cm³/mol. The second kappa shape index (κ2) is 11.2. The van der Waals surface area contributed by atoms with E-state index in [1.807, 2.05) is 29.7 Å².